The maximum atomic E-state index is 6.04. The van der Waals surface area contributed by atoms with E-state index in [4.69, 9.17) is 11.6 Å². The molecule has 1 N–H and O–H groups in total. The van der Waals surface area contributed by atoms with Crippen LogP contribution in [0.25, 0.3) is 22.6 Å². The van der Waals surface area contributed by atoms with Crippen LogP contribution in [0.3, 0.4) is 0 Å². The third-order valence-electron chi connectivity index (χ3n) is 2.67. The second kappa shape index (κ2) is 4.47. The van der Waals surface area contributed by atoms with Crippen molar-refractivity contribution < 1.29 is 0 Å². The number of pyridine rings is 1. The Morgan fingerprint density at radius 2 is 2.05 bits per heavy atom. The fourth-order valence-electron chi connectivity index (χ4n) is 1.75. The highest BCUT2D eigenvalue weighted by atomic mass is 35.5. The number of anilines is 1. The first-order valence-electron chi connectivity index (χ1n) is 5.64. The molecule has 0 aliphatic rings. The van der Waals surface area contributed by atoms with Crippen molar-refractivity contribution in [3.63, 3.8) is 0 Å². The Morgan fingerprint density at radius 3 is 2.79 bits per heavy atom. The minimum Gasteiger partial charge on any atom is -0.363 e. The molecular formula is C12H11ClN6. The van der Waals surface area contributed by atoms with E-state index in [0.29, 0.717) is 16.6 Å². The van der Waals surface area contributed by atoms with Gasteiger partial charge in [0.05, 0.1) is 6.20 Å². The van der Waals surface area contributed by atoms with Crippen molar-refractivity contribution >= 4 is 28.6 Å². The van der Waals surface area contributed by atoms with Gasteiger partial charge in [-0.05, 0) is 12.1 Å². The largest absolute Gasteiger partial charge is 0.363 e. The number of fused-ring (bicyclic) bond motifs is 1. The molecule has 96 valence electrons. The monoisotopic (exact) mass is 274 g/mol. The molecule has 0 saturated heterocycles. The number of aromatic amines is 1. The lowest BCUT2D eigenvalue weighted by Gasteiger charge is -2.12. The molecule has 0 amide bonds. The van der Waals surface area contributed by atoms with Crippen molar-refractivity contribution in [1.29, 1.82) is 0 Å². The van der Waals surface area contributed by atoms with Gasteiger partial charge >= 0.3 is 0 Å². The molecule has 0 radical (unpaired) electrons. The average Bonchev–Trinajstić information content (AvgIpc) is 2.81. The summed E-state index contributed by atoms with van der Waals surface area (Å²) in [5, 5.41) is 0.424. The van der Waals surface area contributed by atoms with Gasteiger partial charge in [0.15, 0.2) is 5.65 Å². The van der Waals surface area contributed by atoms with Gasteiger partial charge in [-0.1, -0.05) is 11.6 Å². The lowest BCUT2D eigenvalue weighted by molar-refractivity contribution is 1.07. The lowest BCUT2D eigenvalue weighted by atomic mass is 10.2. The minimum absolute atomic E-state index is 0.424. The maximum absolute atomic E-state index is 6.04. The van der Waals surface area contributed by atoms with Gasteiger partial charge in [-0.3, -0.25) is 0 Å². The molecule has 3 rings (SSSR count). The third-order valence-corrected chi connectivity index (χ3v) is 2.87. The predicted molar refractivity (Wildman–Crippen MR) is 74.3 cm³/mol. The molecule has 0 atom stereocenters. The Labute approximate surface area is 114 Å². The van der Waals surface area contributed by atoms with Crippen molar-refractivity contribution in [3.05, 3.63) is 29.8 Å². The average molecular weight is 275 g/mol. The second-order valence-corrected chi connectivity index (χ2v) is 4.66. The van der Waals surface area contributed by atoms with Gasteiger partial charge in [0, 0.05) is 19.7 Å². The molecule has 0 aromatic carbocycles. The SMILES string of the molecule is CN(C)c1cc(-c2nc3ncncc3[nH]2)cc(Cl)n1. The Balaban J connectivity index is 2.15. The van der Waals surface area contributed by atoms with Crippen molar-refractivity contribution in [3.8, 4) is 11.4 Å². The van der Waals surface area contributed by atoms with E-state index < -0.39 is 0 Å². The summed E-state index contributed by atoms with van der Waals surface area (Å²) in [4.78, 5) is 21.7. The van der Waals surface area contributed by atoms with Crippen molar-refractivity contribution in [2.24, 2.45) is 0 Å². The van der Waals surface area contributed by atoms with Crippen molar-refractivity contribution in [2.45, 2.75) is 0 Å². The number of hydrogen-bond donors (Lipinski definition) is 1. The van der Waals surface area contributed by atoms with Gasteiger partial charge in [-0.25, -0.2) is 19.9 Å². The molecule has 0 aliphatic heterocycles. The van der Waals surface area contributed by atoms with Gasteiger partial charge in [-0.15, -0.1) is 0 Å². The Bertz CT molecular complexity index is 703. The summed E-state index contributed by atoms with van der Waals surface area (Å²) in [5.74, 6) is 1.47. The molecular weight excluding hydrogens is 264 g/mol. The van der Waals surface area contributed by atoms with Gasteiger partial charge in [-0.2, -0.15) is 0 Å². The summed E-state index contributed by atoms with van der Waals surface area (Å²) in [7, 11) is 3.82. The zero-order chi connectivity index (χ0) is 13.4. The van der Waals surface area contributed by atoms with Crippen molar-refractivity contribution in [1.82, 2.24) is 24.9 Å². The van der Waals surface area contributed by atoms with E-state index in [1.807, 2.05) is 25.1 Å². The number of nitrogens with zero attached hydrogens (tertiary/aromatic N) is 5. The molecule has 3 aromatic heterocycles. The predicted octanol–water partition coefficient (Wildman–Crippen LogP) is 2.13. The Morgan fingerprint density at radius 1 is 1.21 bits per heavy atom. The van der Waals surface area contributed by atoms with Gasteiger partial charge in [0.1, 0.15) is 28.6 Å². The van der Waals surface area contributed by atoms with E-state index in [1.54, 1.807) is 12.3 Å². The molecule has 0 bridgehead atoms. The van der Waals surface area contributed by atoms with Gasteiger partial charge in [0.2, 0.25) is 0 Å². The summed E-state index contributed by atoms with van der Waals surface area (Å²) >= 11 is 6.04. The first-order valence-corrected chi connectivity index (χ1v) is 6.02. The van der Waals surface area contributed by atoms with E-state index in [1.165, 1.54) is 6.33 Å². The highest BCUT2D eigenvalue weighted by Gasteiger charge is 2.09. The van der Waals surface area contributed by atoms with Crippen LogP contribution in [0.2, 0.25) is 5.15 Å². The molecule has 19 heavy (non-hydrogen) atoms. The molecule has 0 aliphatic carbocycles. The fraction of sp³-hybridized carbons (Fsp3) is 0.167. The van der Waals surface area contributed by atoms with Crippen LogP contribution in [0.5, 0.6) is 0 Å². The topological polar surface area (TPSA) is 70.6 Å². The van der Waals surface area contributed by atoms with Crippen molar-refractivity contribution in [2.75, 3.05) is 19.0 Å². The number of H-pyrrole nitrogens is 1. The standard InChI is InChI=1S/C12H11ClN6/c1-19(2)10-4-7(3-9(13)17-10)11-16-8-5-14-6-15-12(8)18-11/h3-6H,1-2H3,(H,14,15,16,18). The highest BCUT2D eigenvalue weighted by Crippen LogP contribution is 2.25. The van der Waals surface area contributed by atoms with Crippen LogP contribution in [-0.4, -0.2) is 39.0 Å². The molecule has 7 heteroatoms. The number of nitrogens with one attached hydrogen (secondary N) is 1. The smallest absolute Gasteiger partial charge is 0.181 e. The lowest BCUT2D eigenvalue weighted by Crippen LogP contribution is -2.10. The summed E-state index contributed by atoms with van der Waals surface area (Å²) in [6.07, 6.45) is 3.16. The third kappa shape index (κ3) is 2.22. The number of halogens is 1. The van der Waals surface area contributed by atoms with E-state index in [0.717, 1.165) is 16.9 Å². The van der Waals surface area contributed by atoms with Gasteiger partial charge < -0.3 is 9.88 Å². The first-order chi connectivity index (χ1) is 9.13. The molecule has 0 spiro atoms. The first kappa shape index (κ1) is 11.9. The van der Waals surface area contributed by atoms with Crippen LogP contribution < -0.4 is 4.90 Å². The van der Waals surface area contributed by atoms with E-state index in [9.17, 15) is 0 Å². The van der Waals surface area contributed by atoms with Crippen LogP contribution in [0.1, 0.15) is 0 Å². The number of rotatable bonds is 2. The maximum Gasteiger partial charge on any atom is 0.181 e. The zero-order valence-corrected chi connectivity index (χ0v) is 11.2. The molecule has 0 unspecified atom stereocenters. The minimum atomic E-state index is 0.424. The Kier molecular flexibility index (Phi) is 2.79. The normalized spacial score (nSPS) is 10.9. The zero-order valence-electron chi connectivity index (χ0n) is 10.4. The summed E-state index contributed by atoms with van der Waals surface area (Å²) in [6, 6.07) is 3.68. The number of aromatic nitrogens is 5. The molecule has 3 heterocycles. The number of hydrogen-bond acceptors (Lipinski definition) is 5. The quantitative estimate of drug-likeness (QED) is 0.725. The van der Waals surface area contributed by atoms with E-state index in [2.05, 4.69) is 24.9 Å². The molecule has 3 aromatic rings. The molecule has 0 saturated carbocycles. The number of imidazole rings is 1. The van der Waals surface area contributed by atoms with Crippen LogP contribution in [0.15, 0.2) is 24.7 Å². The second-order valence-electron chi connectivity index (χ2n) is 4.28. The highest BCUT2D eigenvalue weighted by molar-refractivity contribution is 6.29. The fourth-order valence-corrected chi connectivity index (χ4v) is 1.95. The van der Waals surface area contributed by atoms with Crippen LogP contribution in [-0.2, 0) is 0 Å². The molecule has 6 nitrogen and oxygen atoms in total. The van der Waals surface area contributed by atoms with Crippen LogP contribution >= 0.6 is 11.6 Å². The van der Waals surface area contributed by atoms with Crippen LogP contribution in [0.4, 0.5) is 5.82 Å². The summed E-state index contributed by atoms with van der Waals surface area (Å²) < 4.78 is 0. The summed E-state index contributed by atoms with van der Waals surface area (Å²) in [6.45, 7) is 0. The van der Waals surface area contributed by atoms with E-state index >= 15 is 0 Å². The molecule has 0 fully saturated rings. The van der Waals surface area contributed by atoms with Gasteiger partial charge in [0.25, 0.3) is 0 Å². The Hall–Kier alpha value is -2.21. The van der Waals surface area contributed by atoms with Crippen LogP contribution in [0, 0.1) is 0 Å². The van der Waals surface area contributed by atoms with E-state index in [-0.39, 0.29) is 0 Å². The summed E-state index contributed by atoms with van der Waals surface area (Å²) in [5.41, 5.74) is 2.28.